The van der Waals surface area contributed by atoms with E-state index in [1.807, 2.05) is 48.1 Å². The lowest BCUT2D eigenvalue weighted by atomic mass is 10.1. The number of rotatable bonds is 9. The van der Waals surface area contributed by atoms with Crippen LogP contribution in [0.5, 0.6) is 5.75 Å². The Bertz CT molecular complexity index is 1390. The summed E-state index contributed by atoms with van der Waals surface area (Å²) < 4.78 is 14.5. The Morgan fingerprint density at radius 3 is 2.59 bits per heavy atom. The molecule has 0 atom stereocenters. The zero-order valence-corrected chi connectivity index (χ0v) is 19.0. The molecule has 0 unspecified atom stereocenters. The molecule has 5 aromatic rings. The van der Waals surface area contributed by atoms with Gasteiger partial charge in [0.05, 0.1) is 29.9 Å². The highest BCUT2D eigenvalue weighted by Crippen LogP contribution is 2.23. The van der Waals surface area contributed by atoms with Crippen molar-refractivity contribution in [2.24, 2.45) is 7.05 Å². The molecule has 0 bridgehead atoms. The van der Waals surface area contributed by atoms with Gasteiger partial charge in [-0.1, -0.05) is 24.3 Å². The lowest BCUT2D eigenvalue weighted by Crippen LogP contribution is -2.04. The second kappa shape index (κ2) is 9.72. The van der Waals surface area contributed by atoms with Crippen molar-refractivity contribution in [1.82, 2.24) is 29.1 Å². The topological polar surface area (TPSA) is 91.4 Å². The van der Waals surface area contributed by atoms with E-state index in [4.69, 9.17) is 9.47 Å². The molecule has 0 aliphatic carbocycles. The molecule has 4 heterocycles. The van der Waals surface area contributed by atoms with E-state index in [0.717, 1.165) is 45.4 Å². The number of imidazole rings is 1. The third-order valence-electron chi connectivity index (χ3n) is 5.41. The monoisotopic (exact) mass is 455 g/mol. The summed E-state index contributed by atoms with van der Waals surface area (Å²) in [6.45, 7) is 1.68. The summed E-state index contributed by atoms with van der Waals surface area (Å²) in [5, 5.41) is 7.83. The maximum Gasteiger partial charge on any atom is 0.140 e. The highest BCUT2D eigenvalue weighted by molar-refractivity contribution is 5.63. The van der Waals surface area contributed by atoms with Crippen molar-refractivity contribution in [3.05, 3.63) is 79.0 Å². The van der Waals surface area contributed by atoms with Gasteiger partial charge in [-0.3, -0.25) is 9.08 Å². The fourth-order valence-electron chi connectivity index (χ4n) is 3.63. The molecule has 4 aromatic heterocycles. The minimum absolute atomic E-state index is 0.493. The zero-order chi connectivity index (χ0) is 23.3. The Hall–Kier alpha value is -4.24. The van der Waals surface area contributed by atoms with E-state index in [1.54, 1.807) is 24.3 Å². The molecule has 0 spiro atoms. The largest absolute Gasteiger partial charge is 0.491 e. The van der Waals surface area contributed by atoms with Crippen LogP contribution in [0, 0.1) is 0 Å². The van der Waals surface area contributed by atoms with Crippen molar-refractivity contribution in [1.29, 1.82) is 0 Å². The molecule has 1 aromatic carbocycles. The maximum absolute atomic E-state index is 5.68. The highest BCUT2D eigenvalue weighted by atomic mass is 16.5. The van der Waals surface area contributed by atoms with Gasteiger partial charge in [0.2, 0.25) is 0 Å². The molecule has 0 amide bonds. The summed E-state index contributed by atoms with van der Waals surface area (Å²) in [6.07, 6.45) is 7.23. The molecule has 0 fully saturated rings. The fourth-order valence-corrected chi connectivity index (χ4v) is 3.63. The number of fused-ring (bicyclic) bond motifs is 1. The average molecular weight is 456 g/mol. The Labute approximate surface area is 197 Å². The summed E-state index contributed by atoms with van der Waals surface area (Å²) in [5.41, 5.74) is 5.64. The molecule has 0 aliphatic rings. The van der Waals surface area contributed by atoms with Gasteiger partial charge in [0.25, 0.3) is 0 Å². The molecular weight excluding hydrogens is 430 g/mol. The molecule has 1 N–H and O–H groups in total. The summed E-state index contributed by atoms with van der Waals surface area (Å²) in [5.74, 6) is 1.49. The standard InChI is InChI=1S/C25H25N7O2/c1-31-9-8-21(30-31)19-5-3-18(4-6-19)15-26-24-14-22(28-17-29-24)23-16-27-25-13-20(7-10-32(23)25)34-12-11-33-2/h3-10,13-14,16-17H,11-12,15H2,1-2H3,(H,26,28,29). The molecule has 0 saturated carbocycles. The van der Waals surface area contributed by atoms with Crippen LogP contribution in [0.25, 0.3) is 28.3 Å². The summed E-state index contributed by atoms with van der Waals surface area (Å²) in [4.78, 5) is 13.3. The third kappa shape index (κ3) is 4.74. The van der Waals surface area contributed by atoms with Gasteiger partial charge >= 0.3 is 0 Å². The fraction of sp³-hybridized carbons (Fsp3) is 0.200. The van der Waals surface area contributed by atoms with E-state index in [-0.39, 0.29) is 0 Å². The van der Waals surface area contributed by atoms with Crippen molar-refractivity contribution in [3.63, 3.8) is 0 Å². The van der Waals surface area contributed by atoms with E-state index in [0.29, 0.717) is 19.8 Å². The molecule has 5 rings (SSSR count). The van der Waals surface area contributed by atoms with E-state index in [2.05, 4.69) is 49.6 Å². The number of methoxy groups -OCH3 is 1. The van der Waals surface area contributed by atoms with Crippen LogP contribution in [0.15, 0.2) is 73.4 Å². The van der Waals surface area contributed by atoms with E-state index in [1.165, 1.54) is 0 Å². The number of hydrogen-bond donors (Lipinski definition) is 1. The van der Waals surface area contributed by atoms with Crippen LogP contribution in [-0.4, -0.2) is 49.5 Å². The second-order valence-corrected chi connectivity index (χ2v) is 7.79. The number of aromatic nitrogens is 6. The van der Waals surface area contributed by atoms with Crippen molar-refractivity contribution in [3.8, 4) is 28.4 Å². The number of nitrogens with one attached hydrogen (secondary N) is 1. The SMILES string of the molecule is COCCOc1ccn2c(-c3cc(NCc4ccc(-c5ccn(C)n5)cc4)ncn3)cnc2c1. The number of hydrogen-bond acceptors (Lipinski definition) is 7. The highest BCUT2D eigenvalue weighted by Gasteiger charge is 2.10. The predicted octanol–water partition coefficient (Wildman–Crippen LogP) is 3.83. The van der Waals surface area contributed by atoms with Gasteiger partial charge in [0, 0.05) is 50.8 Å². The Morgan fingerprint density at radius 2 is 1.79 bits per heavy atom. The Morgan fingerprint density at radius 1 is 0.912 bits per heavy atom. The van der Waals surface area contributed by atoms with Gasteiger partial charge in [0.1, 0.15) is 30.1 Å². The quantitative estimate of drug-likeness (QED) is 0.338. The van der Waals surface area contributed by atoms with Gasteiger partial charge in [-0.15, -0.1) is 0 Å². The average Bonchev–Trinajstić information content (AvgIpc) is 3.49. The van der Waals surface area contributed by atoms with Crippen molar-refractivity contribution < 1.29 is 9.47 Å². The van der Waals surface area contributed by atoms with Crippen LogP contribution >= 0.6 is 0 Å². The maximum atomic E-state index is 5.68. The molecule has 0 aliphatic heterocycles. The second-order valence-electron chi connectivity index (χ2n) is 7.79. The summed E-state index contributed by atoms with van der Waals surface area (Å²) in [6, 6.07) is 16.1. The number of aryl methyl sites for hydroxylation is 1. The molecule has 9 nitrogen and oxygen atoms in total. The number of anilines is 1. The van der Waals surface area contributed by atoms with Gasteiger partial charge in [-0.25, -0.2) is 15.0 Å². The van der Waals surface area contributed by atoms with Crippen LogP contribution in [0.1, 0.15) is 5.56 Å². The Balaban J connectivity index is 1.28. The normalized spacial score (nSPS) is 11.1. The first-order valence-corrected chi connectivity index (χ1v) is 10.9. The number of nitrogens with zero attached hydrogens (tertiary/aromatic N) is 6. The van der Waals surface area contributed by atoms with Gasteiger partial charge in [0.15, 0.2) is 0 Å². The van der Waals surface area contributed by atoms with Gasteiger partial charge in [-0.2, -0.15) is 5.10 Å². The first kappa shape index (κ1) is 21.6. The van der Waals surface area contributed by atoms with Crippen LogP contribution in [0.4, 0.5) is 5.82 Å². The van der Waals surface area contributed by atoms with Crippen LogP contribution in [0.3, 0.4) is 0 Å². The number of benzene rings is 1. The molecule has 0 saturated heterocycles. The summed E-state index contributed by atoms with van der Waals surface area (Å²) >= 11 is 0. The lowest BCUT2D eigenvalue weighted by molar-refractivity contribution is 0.146. The molecular formula is C25H25N7O2. The van der Waals surface area contributed by atoms with Crippen LogP contribution in [-0.2, 0) is 18.3 Å². The minimum Gasteiger partial charge on any atom is -0.491 e. The van der Waals surface area contributed by atoms with Crippen LogP contribution in [0.2, 0.25) is 0 Å². The van der Waals surface area contributed by atoms with E-state index >= 15 is 0 Å². The zero-order valence-electron chi connectivity index (χ0n) is 19.0. The number of ether oxygens (including phenoxy) is 2. The van der Waals surface area contributed by atoms with Crippen molar-refractivity contribution in [2.45, 2.75) is 6.54 Å². The van der Waals surface area contributed by atoms with Crippen LogP contribution < -0.4 is 10.1 Å². The van der Waals surface area contributed by atoms with E-state index < -0.39 is 0 Å². The lowest BCUT2D eigenvalue weighted by Gasteiger charge is -2.08. The van der Waals surface area contributed by atoms with E-state index in [9.17, 15) is 0 Å². The van der Waals surface area contributed by atoms with Crippen molar-refractivity contribution in [2.75, 3.05) is 25.6 Å². The minimum atomic E-state index is 0.493. The molecule has 172 valence electrons. The number of pyridine rings is 1. The van der Waals surface area contributed by atoms with Crippen molar-refractivity contribution >= 4 is 11.5 Å². The molecule has 34 heavy (non-hydrogen) atoms. The predicted molar refractivity (Wildman–Crippen MR) is 130 cm³/mol. The molecule has 9 heteroatoms. The first-order chi connectivity index (χ1) is 16.7. The van der Waals surface area contributed by atoms with Gasteiger partial charge < -0.3 is 14.8 Å². The van der Waals surface area contributed by atoms with Gasteiger partial charge in [-0.05, 0) is 17.7 Å². The summed E-state index contributed by atoms with van der Waals surface area (Å²) in [7, 11) is 3.57. The molecule has 0 radical (unpaired) electrons. The third-order valence-corrected chi connectivity index (χ3v) is 5.41. The smallest absolute Gasteiger partial charge is 0.140 e. The Kier molecular flexibility index (Phi) is 6.17. The first-order valence-electron chi connectivity index (χ1n) is 10.9.